The van der Waals surface area contributed by atoms with Crippen LogP contribution in [0.2, 0.25) is 0 Å². The van der Waals surface area contributed by atoms with E-state index in [1.165, 1.54) is 0 Å². The second-order valence-corrected chi connectivity index (χ2v) is 5.57. The van der Waals surface area contributed by atoms with Gasteiger partial charge in [-0.3, -0.25) is 0 Å². The summed E-state index contributed by atoms with van der Waals surface area (Å²) < 4.78 is 11.0. The summed E-state index contributed by atoms with van der Waals surface area (Å²) in [4.78, 5) is 0.571. The molecule has 0 atom stereocenters. The lowest BCUT2D eigenvalue weighted by molar-refractivity contribution is 0.0170. The summed E-state index contributed by atoms with van der Waals surface area (Å²) in [5.41, 5.74) is 5.56. The van der Waals surface area contributed by atoms with Crippen LogP contribution in [0.5, 0.6) is 0 Å². The molecule has 2 N–H and O–H groups in total. The largest absolute Gasteiger partial charge is 0.393 e. The van der Waals surface area contributed by atoms with Gasteiger partial charge in [-0.25, -0.2) is 0 Å². The molecule has 1 fully saturated rings. The normalized spacial score (nSPS) is 18.6. The molecule has 0 aliphatic carbocycles. The summed E-state index contributed by atoms with van der Waals surface area (Å²) in [6.45, 7) is 7.47. The minimum Gasteiger partial charge on any atom is -0.393 e. The zero-order valence-electron chi connectivity index (χ0n) is 10.3. The second kappa shape index (κ2) is 6.52. The zero-order valence-corrected chi connectivity index (χ0v) is 11.1. The highest BCUT2D eigenvalue weighted by atomic mass is 32.1. The van der Waals surface area contributed by atoms with Crippen molar-refractivity contribution < 1.29 is 9.47 Å². The van der Waals surface area contributed by atoms with E-state index in [0.717, 1.165) is 45.7 Å². The molecule has 1 aliphatic heterocycles. The molecule has 0 aromatic heterocycles. The quantitative estimate of drug-likeness (QED) is 0.575. The Hall–Kier alpha value is -0.190. The van der Waals surface area contributed by atoms with Gasteiger partial charge in [-0.05, 0) is 25.2 Å². The first-order chi connectivity index (χ1) is 7.52. The van der Waals surface area contributed by atoms with E-state index in [0.29, 0.717) is 10.9 Å². The Morgan fingerprint density at radius 1 is 1.44 bits per heavy atom. The van der Waals surface area contributed by atoms with Gasteiger partial charge in [-0.2, -0.15) is 0 Å². The Labute approximate surface area is 104 Å². The highest BCUT2D eigenvalue weighted by molar-refractivity contribution is 7.80. The van der Waals surface area contributed by atoms with Crippen LogP contribution in [0.1, 0.15) is 33.1 Å². The fourth-order valence-electron chi connectivity index (χ4n) is 1.61. The molecular formula is C12H23NO2S. The van der Waals surface area contributed by atoms with Crippen LogP contribution < -0.4 is 5.73 Å². The Morgan fingerprint density at radius 3 is 2.62 bits per heavy atom. The molecule has 0 spiro atoms. The van der Waals surface area contributed by atoms with Crippen LogP contribution in [-0.2, 0) is 9.47 Å². The van der Waals surface area contributed by atoms with E-state index in [1.54, 1.807) is 0 Å². The summed E-state index contributed by atoms with van der Waals surface area (Å²) in [6, 6.07) is 0. The molecule has 4 heteroatoms. The lowest BCUT2D eigenvalue weighted by Crippen LogP contribution is -2.31. The lowest BCUT2D eigenvalue weighted by Gasteiger charge is -2.25. The van der Waals surface area contributed by atoms with Crippen molar-refractivity contribution in [3.63, 3.8) is 0 Å². The van der Waals surface area contributed by atoms with Gasteiger partial charge in [-0.15, -0.1) is 0 Å². The third-order valence-electron chi connectivity index (χ3n) is 3.23. The molecule has 0 radical (unpaired) electrons. The van der Waals surface area contributed by atoms with E-state index >= 15 is 0 Å². The first kappa shape index (κ1) is 13.9. The van der Waals surface area contributed by atoms with E-state index in [1.807, 2.05) is 0 Å². The van der Waals surface area contributed by atoms with Crippen LogP contribution in [-0.4, -0.2) is 31.4 Å². The van der Waals surface area contributed by atoms with E-state index < -0.39 is 0 Å². The maximum atomic E-state index is 5.69. The molecule has 0 amide bonds. The second-order valence-electron chi connectivity index (χ2n) is 5.13. The van der Waals surface area contributed by atoms with E-state index in [4.69, 9.17) is 27.4 Å². The third kappa shape index (κ3) is 4.76. The van der Waals surface area contributed by atoms with E-state index in [2.05, 4.69) is 13.8 Å². The predicted octanol–water partition coefficient (Wildman–Crippen LogP) is 2.13. The van der Waals surface area contributed by atoms with Crippen molar-refractivity contribution >= 4 is 17.2 Å². The van der Waals surface area contributed by atoms with E-state index in [9.17, 15) is 0 Å². The number of ether oxygens (including phenoxy) is 2. The summed E-state index contributed by atoms with van der Waals surface area (Å²) >= 11 is 5.01. The van der Waals surface area contributed by atoms with Crippen molar-refractivity contribution in [2.45, 2.75) is 33.1 Å². The average Bonchev–Trinajstić information content (AvgIpc) is 2.26. The van der Waals surface area contributed by atoms with Crippen molar-refractivity contribution in [2.24, 2.45) is 17.1 Å². The number of nitrogens with two attached hydrogens (primary N) is 1. The van der Waals surface area contributed by atoms with Crippen molar-refractivity contribution in [1.29, 1.82) is 0 Å². The van der Waals surface area contributed by atoms with Gasteiger partial charge in [0.1, 0.15) is 0 Å². The van der Waals surface area contributed by atoms with Gasteiger partial charge in [0.05, 0.1) is 4.99 Å². The molecule has 0 aromatic rings. The Balaban J connectivity index is 2.09. The molecule has 1 rings (SSSR count). The van der Waals surface area contributed by atoms with Gasteiger partial charge in [-0.1, -0.05) is 26.1 Å². The predicted molar refractivity (Wildman–Crippen MR) is 69.5 cm³/mol. The molecule has 94 valence electrons. The first-order valence-corrected chi connectivity index (χ1v) is 6.38. The van der Waals surface area contributed by atoms with Gasteiger partial charge in [0, 0.05) is 31.8 Å². The first-order valence-electron chi connectivity index (χ1n) is 5.98. The number of hydrogen-bond acceptors (Lipinski definition) is 3. The van der Waals surface area contributed by atoms with Crippen molar-refractivity contribution in [3.8, 4) is 0 Å². The fraction of sp³-hybridized carbons (Fsp3) is 0.917. The Morgan fingerprint density at radius 2 is 2.06 bits per heavy atom. The maximum Gasteiger partial charge on any atom is 0.0785 e. The topological polar surface area (TPSA) is 44.5 Å². The molecule has 1 saturated heterocycles. The SMILES string of the molecule is CC(C)(CCOCC1CCOCC1)C(N)=S. The molecule has 0 unspecified atom stereocenters. The molecule has 1 heterocycles. The summed E-state index contributed by atoms with van der Waals surface area (Å²) in [7, 11) is 0. The summed E-state index contributed by atoms with van der Waals surface area (Å²) in [6.07, 6.45) is 3.14. The van der Waals surface area contributed by atoms with Crippen molar-refractivity contribution in [3.05, 3.63) is 0 Å². The number of hydrogen-bond donors (Lipinski definition) is 1. The number of rotatable bonds is 6. The van der Waals surface area contributed by atoms with Crippen LogP contribution >= 0.6 is 12.2 Å². The molecule has 1 aliphatic rings. The molecule has 0 bridgehead atoms. The van der Waals surface area contributed by atoms with Gasteiger partial charge < -0.3 is 15.2 Å². The Kier molecular flexibility index (Phi) is 5.66. The molecule has 16 heavy (non-hydrogen) atoms. The van der Waals surface area contributed by atoms with E-state index in [-0.39, 0.29) is 5.41 Å². The van der Waals surface area contributed by atoms with Gasteiger partial charge in [0.25, 0.3) is 0 Å². The smallest absolute Gasteiger partial charge is 0.0785 e. The minimum absolute atomic E-state index is 0.0923. The lowest BCUT2D eigenvalue weighted by atomic mass is 9.90. The van der Waals surface area contributed by atoms with Crippen LogP contribution in [0.4, 0.5) is 0 Å². The van der Waals surface area contributed by atoms with Crippen LogP contribution in [0.15, 0.2) is 0 Å². The van der Waals surface area contributed by atoms with Crippen LogP contribution in [0.3, 0.4) is 0 Å². The molecule has 0 aromatic carbocycles. The number of thiocarbonyl (C=S) groups is 1. The maximum absolute atomic E-state index is 5.69. The fourth-order valence-corrected chi connectivity index (χ4v) is 1.72. The minimum atomic E-state index is -0.0923. The Bertz CT molecular complexity index is 225. The van der Waals surface area contributed by atoms with Crippen molar-refractivity contribution in [1.82, 2.24) is 0 Å². The molecule has 0 saturated carbocycles. The summed E-state index contributed by atoms with van der Waals surface area (Å²) in [5.74, 6) is 0.668. The van der Waals surface area contributed by atoms with Crippen LogP contribution in [0, 0.1) is 11.3 Å². The van der Waals surface area contributed by atoms with Crippen LogP contribution in [0.25, 0.3) is 0 Å². The standard InChI is InChI=1S/C12H23NO2S/c1-12(2,11(13)16)5-8-15-9-10-3-6-14-7-4-10/h10H,3-9H2,1-2H3,(H2,13,16). The summed E-state index contributed by atoms with van der Waals surface area (Å²) in [5, 5.41) is 0. The highest BCUT2D eigenvalue weighted by Crippen LogP contribution is 2.21. The van der Waals surface area contributed by atoms with Crippen molar-refractivity contribution in [2.75, 3.05) is 26.4 Å². The van der Waals surface area contributed by atoms with Gasteiger partial charge in [0.2, 0.25) is 0 Å². The monoisotopic (exact) mass is 245 g/mol. The van der Waals surface area contributed by atoms with Gasteiger partial charge >= 0.3 is 0 Å². The van der Waals surface area contributed by atoms with Gasteiger partial charge in [0.15, 0.2) is 0 Å². The highest BCUT2D eigenvalue weighted by Gasteiger charge is 2.21. The molecular weight excluding hydrogens is 222 g/mol. The zero-order chi connectivity index (χ0) is 12.0. The molecule has 3 nitrogen and oxygen atoms in total. The average molecular weight is 245 g/mol. The third-order valence-corrected chi connectivity index (χ3v) is 3.79.